The van der Waals surface area contributed by atoms with E-state index in [1.807, 2.05) is 67.6 Å². The quantitative estimate of drug-likeness (QED) is 0.234. The van der Waals surface area contributed by atoms with Crippen LogP contribution >= 0.6 is 0 Å². The Kier molecular flexibility index (Phi) is 12.3. The molecule has 1 fully saturated rings. The van der Waals surface area contributed by atoms with Crippen LogP contribution in [0.15, 0.2) is 72.9 Å². The topological polar surface area (TPSA) is 141 Å². The molecular formula is C33H38N2O10. The van der Waals surface area contributed by atoms with Crippen LogP contribution in [0.3, 0.4) is 0 Å². The maximum atomic E-state index is 13.4. The minimum Gasteiger partial charge on any atom is -0.493 e. The van der Waals surface area contributed by atoms with Crippen molar-refractivity contribution < 1.29 is 47.5 Å². The molecule has 1 aliphatic heterocycles. The first-order chi connectivity index (χ1) is 21.8. The molecule has 1 N–H and O–H groups in total. The number of carbonyl (C=O) groups is 3. The number of hydrogen-bond acceptors (Lipinski definition) is 11. The summed E-state index contributed by atoms with van der Waals surface area (Å²) in [6.45, 7) is 4.59. The van der Waals surface area contributed by atoms with Crippen molar-refractivity contribution in [3.05, 3.63) is 89.7 Å². The molecule has 3 aromatic rings. The number of hydrogen-bond donors (Lipinski definition) is 1. The number of aromatic nitrogens is 1. The zero-order chi connectivity index (χ0) is 32.2. The maximum absolute atomic E-state index is 13.4. The molecular weight excluding hydrogens is 584 g/mol. The Bertz CT molecular complexity index is 1410. The van der Waals surface area contributed by atoms with Gasteiger partial charge in [-0.3, -0.25) is 9.59 Å². The molecule has 0 spiro atoms. The fourth-order valence-corrected chi connectivity index (χ4v) is 4.66. The van der Waals surface area contributed by atoms with Gasteiger partial charge in [0.25, 0.3) is 5.91 Å². The predicted molar refractivity (Wildman–Crippen MR) is 160 cm³/mol. The van der Waals surface area contributed by atoms with Gasteiger partial charge in [0.1, 0.15) is 18.3 Å². The lowest BCUT2D eigenvalue weighted by Gasteiger charge is -2.33. The zero-order valence-electron chi connectivity index (χ0n) is 25.7. The van der Waals surface area contributed by atoms with Gasteiger partial charge in [0.05, 0.1) is 33.0 Å². The molecule has 45 heavy (non-hydrogen) atoms. The third-order valence-electron chi connectivity index (χ3n) is 7.01. The summed E-state index contributed by atoms with van der Waals surface area (Å²) in [6.07, 6.45) is -1.33. The number of ether oxygens (including phenoxy) is 7. The Balaban J connectivity index is 1.54. The Labute approximate surface area is 261 Å². The number of esters is 2. The van der Waals surface area contributed by atoms with Crippen LogP contribution in [0.1, 0.15) is 42.4 Å². The summed E-state index contributed by atoms with van der Waals surface area (Å²) >= 11 is 0. The molecule has 2 aromatic carbocycles. The molecule has 2 unspecified atom stereocenters. The van der Waals surface area contributed by atoms with Crippen molar-refractivity contribution in [2.45, 2.75) is 64.4 Å². The normalized spacial score (nSPS) is 21.8. The van der Waals surface area contributed by atoms with E-state index >= 15 is 0 Å². The molecule has 0 saturated carbocycles. The molecule has 12 heteroatoms. The number of amides is 1. The van der Waals surface area contributed by atoms with Crippen LogP contribution < -0.4 is 14.8 Å². The number of methoxy groups -OCH3 is 1. The van der Waals surface area contributed by atoms with E-state index < -0.39 is 55.1 Å². The highest BCUT2D eigenvalue weighted by Crippen LogP contribution is 2.30. The van der Waals surface area contributed by atoms with E-state index in [1.165, 1.54) is 26.3 Å². The van der Waals surface area contributed by atoms with E-state index in [1.54, 1.807) is 6.92 Å². The SMILES string of the molecule is COc1ccnc(C(=O)N[C@H]2CO[C@@H](C)C(OCc3ccccc3)C(OCc3ccccc3)[C@H](C)OC2=O)c1OCOC(C)=O. The van der Waals surface area contributed by atoms with Gasteiger partial charge in [-0.05, 0) is 25.0 Å². The first-order valence-corrected chi connectivity index (χ1v) is 14.5. The first kappa shape index (κ1) is 33.4. The van der Waals surface area contributed by atoms with Crippen molar-refractivity contribution in [2.24, 2.45) is 0 Å². The van der Waals surface area contributed by atoms with Crippen molar-refractivity contribution in [3.8, 4) is 11.5 Å². The third kappa shape index (κ3) is 9.48. The van der Waals surface area contributed by atoms with E-state index in [0.717, 1.165) is 11.1 Å². The minimum atomic E-state index is -1.21. The fourth-order valence-electron chi connectivity index (χ4n) is 4.66. The molecule has 1 aromatic heterocycles. The van der Waals surface area contributed by atoms with Crippen LogP contribution in [0, 0.1) is 0 Å². The number of cyclic esters (lactones) is 1. The second kappa shape index (κ2) is 16.5. The van der Waals surface area contributed by atoms with Gasteiger partial charge in [0, 0.05) is 19.2 Å². The molecule has 1 amide bonds. The predicted octanol–water partition coefficient (Wildman–Crippen LogP) is 3.61. The van der Waals surface area contributed by atoms with Gasteiger partial charge < -0.3 is 38.5 Å². The van der Waals surface area contributed by atoms with E-state index in [2.05, 4.69) is 10.3 Å². The van der Waals surface area contributed by atoms with Crippen molar-refractivity contribution in [2.75, 3.05) is 20.5 Å². The van der Waals surface area contributed by atoms with Crippen LogP contribution in [0.4, 0.5) is 0 Å². The van der Waals surface area contributed by atoms with Crippen molar-refractivity contribution in [1.82, 2.24) is 10.3 Å². The smallest absolute Gasteiger partial charge is 0.331 e. The number of pyridine rings is 1. The van der Waals surface area contributed by atoms with E-state index in [-0.39, 0.29) is 37.0 Å². The van der Waals surface area contributed by atoms with Crippen molar-refractivity contribution in [3.63, 3.8) is 0 Å². The van der Waals surface area contributed by atoms with Gasteiger partial charge in [-0.25, -0.2) is 9.78 Å². The van der Waals surface area contributed by atoms with Gasteiger partial charge in [0.2, 0.25) is 6.79 Å². The average molecular weight is 623 g/mol. The molecule has 0 radical (unpaired) electrons. The Morgan fingerprint density at radius 1 is 0.911 bits per heavy atom. The van der Waals surface area contributed by atoms with Crippen molar-refractivity contribution in [1.29, 1.82) is 0 Å². The molecule has 12 nitrogen and oxygen atoms in total. The summed E-state index contributed by atoms with van der Waals surface area (Å²) in [6, 6.07) is 19.6. The largest absolute Gasteiger partial charge is 0.493 e. The molecule has 240 valence electrons. The monoisotopic (exact) mass is 622 g/mol. The highest BCUT2D eigenvalue weighted by molar-refractivity contribution is 5.98. The highest BCUT2D eigenvalue weighted by Gasteiger charge is 2.40. The van der Waals surface area contributed by atoms with E-state index in [4.69, 9.17) is 33.2 Å². The third-order valence-corrected chi connectivity index (χ3v) is 7.01. The number of rotatable bonds is 12. The molecule has 1 aliphatic rings. The van der Waals surface area contributed by atoms with E-state index in [0.29, 0.717) is 0 Å². The van der Waals surface area contributed by atoms with Gasteiger partial charge in [0.15, 0.2) is 23.2 Å². The lowest BCUT2D eigenvalue weighted by Crippen LogP contribution is -2.47. The van der Waals surface area contributed by atoms with Crippen LogP contribution in [-0.4, -0.2) is 73.8 Å². The van der Waals surface area contributed by atoms with Gasteiger partial charge in [-0.15, -0.1) is 0 Å². The number of nitrogens with one attached hydrogen (secondary N) is 1. The van der Waals surface area contributed by atoms with Crippen LogP contribution in [0.25, 0.3) is 0 Å². The minimum absolute atomic E-state index is 0.0680. The summed E-state index contributed by atoms with van der Waals surface area (Å²) in [5, 5.41) is 2.63. The Morgan fingerprint density at radius 3 is 2.09 bits per heavy atom. The molecule has 5 atom stereocenters. The van der Waals surface area contributed by atoms with E-state index in [9.17, 15) is 14.4 Å². The van der Waals surface area contributed by atoms with Gasteiger partial charge in [-0.2, -0.15) is 0 Å². The van der Waals surface area contributed by atoms with Crippen molar-refractivity contribution >= 4 is 17.8 Å². The zero-order valence-corrected chi connectivity index (χ0v) is 25.7. The standard InChI is InChI=1S/C33H38N2O10/c1-21-29(41-17-24-11-7-5-8-12-24)30(42-18-25-13-9-6-10-14-25)22(2)45-33(38)26(19-40-21)35-32(37)28-31(44-20-43-23(3)36)27(39-4)15-16-34-28/h5-16,21-22,26,29-30H,17-20H2,1-4H3,(H,35,37)/t21-,22-,26-,29?,30?/m0/s1. The van der Waals surface area contributed by atoms with Crippen LogP contribution in [0.2, 0.25) is 0 Å². The molecule has 0 bridgehead atoms. The van der Waals surface area contributed by atoms with Crippen LogP contribution in [-0.2, 0) is 46.5 Å². The molecule has 1 saturated heterocycles. The number of carbonyl (C=O) groups excluding carboxylic acids is 3. The van der Waals surface area contributed by atoms with Crippen LogP contribution in [0.5, 0.6) is 11.5 Å². The Morgan fingerprint density at radius 2 is 1.51 bits per heavy atom. The average Bonchev–Trinajstić information content (AvgIpc) is 3.08. The summed E-state index contributed by atoms with van der Waals surface area (Å²) in [7, 11) is 1.38. The fraction of sp³-hybridized carbons (Fsp3) is 0.394. The van der Waals surface area contributed by atoms with Gasteiger partial charge in [-0.1, -0.05) is 60.7 Å². The summed E-state index contributed by atoms with van der Waals surface area (Å²) in [5.41, 5.74) is 1.70. The van der Waals surface area contributed by atoms with Gasteiger partial charge >= 0.3 is 11.9 Å². The Hall–Kier alpha value is -4.52. The maximum Gasteiger partial charge on any atom is 0.331 e. The summed E-state index contributed by atoms with van der Waals surface area (Å²) in [5.74, 6) is -1.96. The molecule has 4 rings (SSSR count). The second-order valence-electron chi connectivity index (χ2n) is 10.3. The lowest BCUT2D eigenvalue weighted by molar-refractivity contribution is -0.178. The molecule has 2 heterocycles. The highest BCUT2D eigenvalue weighted by atomic mass is 16.7. The summed E-state index contributed by atoms with van der Waals surface area (Å²) in [4.78, 5) is 42.1. The molecule has 0 aliphatic carbocycles. The second-order valence-corrected chi connectivity index (χ2v) is 10.3. The number of benzene rings is 2. The summed E-state index contributed by atoms with van der Waals surface area (Å²) < 4.78 is 40.3. The first-order valence-electron chi connectivity index (χ1n) is 14.5. The number of nitrogens with zero attached hydrogens (tertiary/aromatic N) is 1. The lowest BCUT2D eigenvalue weighted by atomic mass is 10.0.